The van der Waals surface area contributed by atoms with Crippen molar-refractivity contribution in [3.05, 3.63) is 53.6 Å². The Labute approximate surface area is 245 Å². The Morgan fingerprint density at radius 2 is 1.65 bits per heavy atom. The van der Waals surface area contributed by atoms with Crippen LogP contribution in [0.4, 0.5) is 0 Å². The smallest absolute Gasteiger partial charge is 0.303 e. The zero-order valence-corrected chi connectivity index (χ0v) is 23.3. The summed E-state index contributed by atoms with van der Waals surface area (Å²) in [6, 6.07) is 11.5. The summed E-state index contributed by atoms with van der Waals surface area (Å²) in [5.41, 5.74) is 0.710. The van der Waals surface area contributed by atoms with Crippen LogP contribution in [-0.2, 0) is 23.7 Å². The molecule has 0 unspecified atom stereocenters. The van der Waals surface area contributed by atoms with Crippen molar-refractivity contribution in [2.24, 2.45) is 0 Å². The van der Waals surface area contributed by atoms with E-state index in [4.69, 9.17) is 28.4 Å². The highest BCUT2D eigenvalue weighted by Crippen LogP contribution is 2.42. The number of rotatable bonds is 7. The average Bonchev–Trinajstić information content (AvgIpc) is 2.97. The molecule has 3 aliphatic rings. The first-order valence-electron chi connectivity index (χ1n) is 13.7. The fourth-order valence-corrected chi connectivity index (χ4v) is 5.39. The number of benzene rings is 2. The number of ether oxygens (including phenoxy) is 6. The predicted octanol–water partition coefficient (Wildman–Crippen LogP) is -0.300. The Bertz CT molecular complexity index is 1300. The van der Waals surface area contributed by atoms with Crippen LogP contribution in [-0.4, -0.2) is 110 Å². The molecule has 2 aromatic carbocycles. The molecule has 11 atom stereocenters. The van der Waals surface area contributed by atoms with E-state index in [0.717, 1.165) is 18.6 Å². The molecule has 6 N–H and O–H groups in total. The van der Waals surface area contributed by atoms with Gasteiger partial charge in [-0.15, -0.1) is 0 Å². The highest BCUT2D eigenvalue weighted by molar-refractivity contribution is 6.02. The van der Waals surface area contributed by atoms with Gasteiger partial charge in [0, 0.05) is 19.1 Å². The van der Waals surface area contributed by atoms with Gasteiger partial charge in [-0.2, -0.15) is 0 Å². The number of phenolic OH excluding ortho intramolecular Hbond substituents is 1. The van der Waals surface area contributed by atoms with Gasteiger partial charge < -0.3 is 59.1 Å². The molecular weight excluding hydrogens is 572 g/mol. The van der Waals surface area contributed by atoms with E-state index in [1.165, 1.54) is 13.0 Å². The van der Waals surface area contributed by atoms with Crippen LogP contribution in [0.25, 0.3) is 0 Å². The van der Waals surface area contributed by atoms with E-state index in [1.54, 1.807) is 24.3 Å². The second-order valence-corrected chi connectivity index (χ2v) is 10.7. The van der Waals surface area contributed by atoms with Crippen molar-refractivity contribution in [1.82, 2.24) is 0 Å². The van der Waals surface area contributed by atoms with Gasteiger partial charge in [-0.1, -0.05) is 30.3 Å². The third-order valence-electron chi connectivity index (χ3n) is 7.59. The standard InChI is InChI=1S/C29H34O14/c1-12-26(39-13(2)31)24(36)25(37)28(38-12)43-27-23(35)22(34)20(11-30)42-29(27)40-15-8-16(32)21-17(33)10-18(41-19(21)9-15)14-6-4-3-5-7-14/h3-9,12,18,20,22-30,32,34-37H,10-11H2,1-2H3/t12-,18+,20+,22-,23-,24-,25-,26-,27+,28-,29+/m0/s1. The SMILES string of the molecule is CC(=O)O[C@@H]1[C@@H](O)[C@H](O)[C@H](O[C@H]2[C@H](Oc3cc(O)c4c(c3)O[C@@H](c3ccccc3)CC4=O)O[C@H](CO)[C@H](O)[C@@H]2O)O[C@H]1C. The van der Waals surface area contributed by atoms with Gasteiger partial charge in [-0.25, -0.2) is 0 Å². The lowest BCUT2D eigenvalue weighted by Crippen LogP contribution is -2.65. The van der Waals surface area contributed by atoms with Gasteiger partial charge in [0.25, 0.3) is 0 Å². The van der Waals surface area contributed by atoms with Crippen molar-refractivity contribution in [1.29, 1.82) is 0 Å². The highest BCUT2D eigenvalue weighted by atomic mass is 16.8. The minimum absolute atomic E-state index is 0.000983. The Kier molecular flexibility index (Phi) is 9.20. The number of esters is 1. The van der Waals surface area contributed by atoms with Gasteiger partial charge in [-0.05, 0) is 12.5 Å². The van der Waals surface area contributed by atoms with Crippen molar-refractivity contribution in [2.75, 3.05) is 6.61 Å². The van der Waals surface area contributed by atoms with Crippen LogP contribution in [0, 0.1) is 0 Å². The predicted molar refractivity (Wildman–Crippen MR) is 142 cm³/mol. The number of hydrogen-bond donors (Lipinski definition) is 6. The molecule has 0 radical (unpaired) electrons. The topological polar surface area (TPSA) is 211 Å². The van der Waals surface area contributed by atoms with Crippen molar-refractivity contribution < 1.29 is 68.6 Å². The number of Topliss-reactive ketones (excluding diaryl/α,β-unsaturated/α-hetero) is 1. The minimum Gasteiger partial charge on any atom is -0.507 e. The summed E-state index contributed by atoms with van der Waals surface area (Å²) >= 11 is 0. The first-order valence-corrected chi connectivity index (χ1v) is 13.7. The second kappa shape index (κ2) is 12.7. The first-order chi connectivity index (χ1) is 20.5. The van der Waals surface area contributed by atoms with E-state index in [2.05, 4.69) is 0 Å². The lowest BCUT2D eigenvalue weighted by molar-refractivity contribution is -0.354. The lowest BCUT2D eigenvalue weighted by Gasteiger charge is -2.46. The number of carbonyl (C=O) groups excluding carboxylic acids is 2. The number of ketones is 1. The van der Waals surface area contributed by atoms with Crippen molar-refractivity contribution in [3.8, 4) is 17.2 Å². The van der Waals surface area contributed by atoms with Crippen LogP contribution in [0.1, 0.15) is 42.3 Å². The maximum Gasteiger partial charge on any atom is 0.303 e. The van der Waals surface area contributed by atoms with Gasteiger partial charge >= 0.3 is 5.97 Å². The maximum atomic E-state index is 12.9. The minimum atomic E-state index is -1.76. The van der Waals surface area contributed by atoms with Crippen molar-refractivity contribution >= 4 is 11.8 Å². The molecule has 0 aromatic heterocycles. The number of hydrogen-bond acceptors (Lipinski definition) is 14. The van der Waals surface area contributed by atoms with Crippen molar-refractivity contribution in [3.63, 3.8) is 0 Å². The monoisotopic (exact) mass is 606 g/mol. The van der Waals surface area contributed by atoms with Crippen LogP contribution in [0.15, 0.2) is 42.5 Å². The summed E-state index contributed by atoms with van der Waals surface area (Å²) < 4.78 is 34.0. The largest absolute Gasteiger partial charge is 0.507 e. The molecule has 14 heteroatoms. The fourth-order valence-electron chi connectivity index (χ4n) is 5.39. The van der Waals surface area contributed by atoms with E-state index in [9.17, 15) is 40.2 Å². The number of aliphatic hydroxyl groups is 5. The molecule has 0 aliphatic carbocycles. The summed E-state index contributed by atoms with van der Waals surface area (Å²) in [6.45, 7) is 1.89. The Hall–Kier alpha value is -3.34. The maximum absolute atomic E-state index is 12.9. The van der Waals surface area contributed by atoms with Gasteiger partial charge in [0.1, 0.15) is 59.4 Å². The van der Waals surface area contributed by atoms with E-state index < -0.39 is 85.8 Å². The number of aliphatic hydroxyl groups excluding tert-OH is 5. The van der Waals surface area contributed by atoms with Crippen LogP contribution in [0.3, 0.4) is 0 Å². The lowest BCUT2D eigenvalue weighted by atomic mass is 9.95. The Morgan fingerprint density at radius 1 is 0.953 bits per heavy atom. The van der Waals surface area contributed by atoms with Crippen molar-refractivity contribution in [2.45, 2.75) is 87.8 Å². The zero-order chi connectivity index (χ0) is 31.0. The Balaban J connectivity index is 1.39. The molecule has 2 fully saturated rings. The summed E-state index contributed by atoms with van der Waals surface area (Å²) in [5, 5.41) is 63.1. The molecule has 43 heavy (non-hydrogen) atoms. The van der Waals surface area contributed by atoms with Crippen LogP contribution >= 0.6 is 0 Å². The number of phenols is 1. The van der Waals surface area contributed by atoms with Gasteiger partial charge in [0.05, 0.1) is 19.1 Å². The second-order valence-electron chi connectivity index (χ2n) is 10.7. The van der Waals surface area contributed by atoms with Crippen LogP contribution in [0.2, 0.25) is 0 Å². The Morgan fingerprint density at radius 3 is 2.33 bits per heavy atom. The number of carbonyl (C=O) groups is 2. The summed E-state index contributed by atoms with van der Waals surface area (Å²) in [4.78, 5) is 24.3. The normalized spacial score (nSPS) is 35.9. The fraction of sp³-hybridized carbons (Fsp3) is 0.517. The van der Waals surface area contributed by atoms with E-state index in [-0.39, 0.29) is 29.3 Å². The molecular formula is C29H34O14. The molecule has 14 nitrogen and oxygen atoms in total. The first kappa shape index (κ1) is 31.1. The zero-order valence-electron chi connectivity index (χ0n) is 23.3. The van der Waals surface area contributed by atoms with E-state index in [1.807, 2.05) is 6.07 Å². The van der Waals surface area contributed by atoms with E-state index in [0.29, 0.717) is 0 Å². The molecule has 2 aromatic rings. The molecule has 0 saturated carbocycles. The number of fused-ring (bicyclic) bond motifs is 1. The molecule has 0 bridgehead atoms. The van der Waals surface area contributed by atoms with Gasteiger partial charge in [-0.3, -0.25) is 9.59 Å². The molecule has 0 spiro atoms. The number of aromatic hydroxyl groups is 1. The van der Waals surface area contributed by atoms with Gasteiger partial charge in [0.2, 0.25) is 6.29 Å². The average molecular weight is 607 g/mol. The molecule has 234 valence electrons. The summed E-state index contributed by atoms with van der Waals surface area (Å²) in [7, 11) is 0. The van der Waals surface area contributed by atoms with Crippen LogP contribution in [0.5, 0.6) is 17.2 Å². The molecule has 0 amide bonds. The quantitative estimate of drug-likeness (QED) is 0.224. The molecule has 2 saturated heterocycles. The summed E-state index contributed by atoms with van der Waals surface area (Å²) in [6.07, 6.45) is -15.7. The molecule has 3 heterocycles. The summed E-state index contributed by atoms with van der Waals surface area (Å²) in [5.74, 6) is -1.53. The van der Waals surface area contributed by atoms with E-state index >= 15 is 0 Å². The van der Waals surface area contributed by atoms with Gasteiger partial charge in [0.15, 0.2) is 24.3 Å². The highest BCUT2D eigenvalue weighted by Gasteiger charge is 2.51. The third-order valence-corrected chi connectivity index (χ3v) is 7.59. The molecule has 5 rings (SSSR count). The van der Waals surface area contributed by atoms with Crippen LogP contribution < -0.4 is 9.47 Å². The third kappa shape index (κ3) is 6.32. The molecule has 3 aliphatic heterocycles.